The average molecular weight is 393 g/mol. The van der Waals surface area contributed by atoms with Crippen molar-refractivity contribution in [3.63, 3.8) is 0 Å². The minimum Gasteiger partial charge on any atom is -0.368 e. The summed E-state index contributed by atoms with van der Waals surface area (Å²) in [6, 6.07) is 14.8. The van der Waals surface area contributed by atoms with E-state index in [4.69, 9.17) is 0 Å². The number of non-ortho nitro benzene ring substituents is 1. The number of piperazine rings is 1. The molecule has 0 N–H and O–H groups in total. The summed E-state index contributed by atoms with van der Waals surface area (Å²) in [6.07, 6.45) is 3.49. The van der Waals surface area contributed by atoms with E-state index in [2.05, 4.69) is 37.8 Å². The maximum atomic E-state index is 12.5. The Balaban J connectivity index is 1.54. The molecule has 0 aliphatic carbocycles. The van der Waals surface area contributed by atoms with Crippen molar-refractivity contribution in [1.82, 2.24) is 4.90 Å². The largest absolute Gasteiger partial charge is 0.368 e. The van der Waals surface area contributed by atoms with E-state index in [0.29, 0.717) is 26.2 Å². The summed E-state index contributed by atoms with van der Waals surface area (Å²) in [5, 5.41) is 10.8. The number of rotatable bonds is 4. The molecule has 29 heavy (non-hydrogen) atoms. The van der Waals surface area contributed by atoms with E-state index in [1.807, 2.05) is 23.1 Å². The first-order chi connectivity index (χ1) is 13.7. The van der Waals surface area contributed by atoms with Gasteiger partial charge in [0.15, 0.2) is 0 Å². The second-order valence-electron chi connectivity index (χ2n) is 8.29. The molecule has 1 aliphatic heterocycles. The third-order valence-corrected chi connectivity index (χ3v) is 5.21. The van der Waals surface area contributed by atoms with Crippen LogP contribution >= 0.6 is 0 Å². The number of nitro groups is 1. The van der Waals surface area contributed by atoms with Crippen molar-refractivity contribution in [2.75, 3.05) is 31.1 Å². The molecule has 3 rings (SSSR count). The van der Waals surface area contributed by atoms with Gasteiger partial charge in [-0.25, -0.2) is 0 Å². The van der Waals surface area contributed by atoms with E-state index in [1.165, 1.54) is 17.7 Å². The maximum absolute atomic E-state index is 12.5. The summed E-state index contributed by atoms with van der Waals surface area (Å²) in [4.78, 5) is 26.9. The monoisotopic (exact) mass is 393 g/mol. The van der Waals surface area contributed by atoms with Gasteiger partial charge < -0.3 is 9.80 Å². The molecule has 1 fully saturated rings. The van der Waals surface area contributed by atoms with Gasteiger partial charge in [0.2, 0.25) is 5.91 Å². The molecule has 152 valence electrons. The normalized spacial score (nSPS) is 15.0. The van der Waals surface area contributed by atoms with Gasteiger partial charge in [-0.05, 0) is 34.8 Å². The Morgan fingerprint density at radius 1 is 0.966 bits per heavy atom. The molecule has 6 heteroatoms. The predicted octanol–water partition coefficient (Wildman–Crippen LogP) is 4.25. The lowest BCUT2D eigenvalue weighted by Gasteiger charge is -2.35. The van der Waals surface area contributed by atoms with Crippen LogP contribution in [0.1, 0.15) is 31.9 Å². The third kappa shape index (κ3) is 5.22. The molecular formula is C23H27N3O3. The number of hydrogen-bond donors (Lipinski definition) is 0. The summed E-state index contributed by atoms with van der Waals surface area (Å²) in [6.45, 7) is 9.20. The van der Waals surface area contributed by atoms with Crippen LogP contribution in [0.4, 0.5) is 11.4 Å². The highest BCUT2D eigenvalue weighted by Gasteiger charge is 2.20. The van der Waals surface area contributed by atoms with Crippen LogP contribution in [0.25, 0.3) is 6.08 Å². The zero-order valence-electron chi connectivity index (χ0n) is 17.2. The van der Waals surface area contributed by atoms with Gasteiger partial charge in [-0.1, -0.05) is 45.0 Å². The van der Waals surface area contributed by atoms with E-state index >= 15 is 0 Å². The number of carbonyl (C=O) groups is 1. The van der Waals surface area contributed by atoms with Crippen LogP contribution in [-0.2, 0) is 10.2 Å². The molecule has 1 saturated heterocycles. The lowest BCUT2D eigenvalue weighted by atomic mass is 9.87. The Labute approximate surface area is 171 Å². The average Bonchev–Trinajstić information content (AvgIpc) is 2.72. The Morgan fingerprint density at radius 2 is 1.55 bits per heavy atom. The molecule has 2 aromatic rings. The van der Waals surface area contributed by atoms with Gasteiger partial charge in [0, 0.05) is 50.1 Å². The second kappa shape index (κ2) is 8.47. The summed E-state index contributed by atoms with van der Waals surface area (Å²) in [5.41, 5.74) is 3.42. The zero-order valence-corrected chi connectivity index (χ0v) is 17.2. The lowest BCUT2D eigenvalue weighted by Crippen LogP contribution is -2.48. The molecule has 1 heterocycles. The van der Waals surface area contributed by atoms with Gasteiger partial charge in [-0.15, -0.1) is 0 Å². The lowest BCUT2D eigenvalue weighted by molar-refractivity contribution is -0.384. The van der Waals surface area contributed by atoms with Gasteiger partial charge in [-0.3, -0.25) is 14.9 Å². The molecule has 0 aromatic heterocycles. The Morgan fingerprint density at radius 3 is 2.07 bits per heavy atom. The summed E-state index contributed by atoms with van der Waals surface area (Å²) < 4.78 is 0. The fraction of sp³-hybridized carbons (Fsp3) is 0.348. The summed E-state index contributed by atoms with van der Waals surface area (Å²) in [7, 11) is 0. The van der Waals surface area contributed by atoms with Crippen LogP contribution in [-0.4, -0.2) is 41.9 Å². The number of anilines is 1. The van der Waals surface area contributed by atoms with Gasteiger partial charge in [0.1, 0.15) is 0 Å². The number of nitrogens with zero attached hydrogens (tertiary/aromatic N) is 3. The zero-order chi connectivity index (χ0) is 21.0. The van der Waals surface area contributed by atoms with Crippen LogP contribution in [0.15, 0.2) is 54.6 Å². The first kappa shape index (κ1) is 20.6. The Kier molecular flexibility index (Phi) is 6.01. The van der Waals surface area contributed by atoms with Gasteiger partial charge >= 0.3 is 0 Å². The first-order valence-corrected chi connectivity index (χ1v) is 9.81. The molecule has 0 saturated carbocycles. The molecule has 0 radical (unpaired) electrons. The van der Waals surface area contributed by atoms with Crippen LogP contribution < -0.4 is 4.90 Å². The molecular weight excluding hydrogens is 366 g/mol. The fourth-order valence-corrected chi connectivity index (χ4v) is 3.34. The fourth-order valence-electron chi connectivity index (χ4n) is 3.34. The molecule has 6 nitrogen and oxygen atoms in total. The number of carbonyl (C=O) groups excluding carboxylic acids is 1. The van der Waals surface area contributed by atoms with E-state index in [0.717, 1.165) is 11.3 Å². The highest BCUT2D eigenvalue weighted by Crippen LogP contribution is 2.23. The van der Waals surface area contributed by atoms with E-state index < -0.39 is 4.92 Å². The van der Waals surface area contributed by atoms with E-state index in [1.54, 1.807) is 18.2 Å². The molecule has 2 aromatic carbocycles. The van der Waals surface area contributed by atoms with Gasteiger partial charge in [0.05, 0.1) is 4.92 Å². The van der Waals surface area contributed by atoms with Gasteiger partial charge in [0.25, 0.3) is 5.69 Å². The minimum atomic E-state index is -0.399. The molecule has 0 bridgehead atoms. The number of benzene rings is 2. The van der Waals surface area contributed by atoms with Crippen LogP contribution in [0, 0.1) is 10.1 Å². The first-order valence-electron chi connectivity index (χ1n) is 9.81. The molecule has 0 atom stereocenters. The second-order valence-corrected chi connectivity index (χ2v) is 8.29. The van der Waals surface area contributed by atoms with Crippen molar-refractivity contribution in [1.29, 1.82) is 0 Å². The minimum absolute atomic E-state index is 0.00764. The quantitative estimate of drug-likeness (QED) is 0.442. The van der Waals surface area contributed by atoms with Crippen molar-refractivity contribution in [2.45, 2.75) is 26.2 Å². The van der Waals surface area contributed by atoms with Crippen molar-refractivity contribution in [3.8, 4) is 0 Å². The van der Waals surface area contributed by atoms with Crippen molar-refractivity contribution in [3.05, 3.63) is 75.8 Å². The summed E-state index contributed by atoms with van der Waals surface area (Å²) in [5.74, 6) is 0.00764. The Hall–Kier alpha value is -3.15. The molecule has 1 aliphatic rings. The molecule has 0 unspecified atom stereocenters. The summed E-state index contributed by atoms with van der Waals surface area (Å²) >= 11 is 0. The van der Waals surface area contributed by atoms with Gasteiger partial charge in [-0.2, -0.15) is 0 Å². The topological polar surface area (TPSA) is 66.7 Å². The van der Waals surface area contributed by atoms with Crippen LogP contribution in [0.3, 0.4) is 0 Å². The van der Waals surface area contributed by atoms with E-state index in [9.17, 15) is 14.9 Å². The molecule has 0 spiro atoms. The number of nitro benzene ring substituents is 1. The highest BCUT2D eigenvalue weighted by molar-refractivity contribution is 5.92. The van der Waals surface area contributed by atoms with Crippen LogP contribution in [0.2, 0.25) is 0 Å². The maximum Gasteiger partial charge on any atom is 0.269 e. The highest BCUT2D eigenvalue weighted by atomic mass is 16.6. The van der Waals surface area contributed by atoms with Crippen molar-refractivity contribution >= 4 is 23.4 Å². The SMILES string of the molecule is CC(C)(C)c1ccc(/C=C\C(=O)N2CCN(c3ccc([N+](=O)[O-])cc3)CC2)cc1. The van der Waals surface area contributed by atoms with Crippen molar-refractivity contribution in [2.24, 2.45) is 0 Å². The van der Waals surface area contributed by atoms with E-state index in [-0.39, 0.29) is 17.0 Å². The number of hydrogen-bond acceptors (Lipinski definition) is 4. The Bertz CT molecular complexity index is 888. The predicted molar refractivity (Wildman–Crippen MR) is 116 cm³/mol. The smallest absolute Gasteiger partial charge is 0.269 e. The third-order valence-electron chi connectivity index (χ3n) is 5.21. The molecule has 1 amide bonds. The number of amides is 1. The van der Waals surface area contributed by atoms with Crippen LogP contribution in [0.5, 0.6) is 0 Å². The standard InChI is InChI=1S/C23H27N3O3/c1-23(2,3)19-7-4-18(5-8-19)6-13-22(27)25-16-14-24(15-17-25)20-9-11-21(12-10-20)26(28)29/h4-13H,14-17H2,1-3H3/b13-6-. The van der Waals surface area contributed by atoms with Crippen molar-refractivity contribution < 1.29 is 9.72 Å².